The van der Waals surface area contributed by atoms with Crippen LogP contribution in [0.1, 0.15) is 49.6 Å². The van der Waals surface area contributed by atoms with Crippen LogP contribution in [0, 0.1) is 0 Å². The molecule has 0 unspecified atom stereocenters. The molecule has 2 N–H and O–H groups in total. The lowest BCUT2D eigenvalue weighted by atomic mass is 10.1. The maximum atomic E-state index is 6.29. The molecular formula is C21H30N4O3. The Kier molecular flexibility index (Phi) is 7.17. The van der Waals surface area contributed by atoms with E-state index in [2.05, 4.69) is 33.8 Å². The van der Waals surface area contributed by atoms with Gasteiger partial charge in [0.05, 0.1) is 25.5 Å². The molecule has 1 aromatic carbocycles. The molecule has 1 saturated carbocycles. The van der Waals surface area contributed by atoms with Crippen LogP contribution >= 0.6 is 0 Å². The Morgan fingerprint density at radius 2 is 2.04 bits per heavy atom. The van der Waals surface area contributed by atoms with Crippen molar-refractivity contribution in [1.29, 1.82) is 0 Å². The van der Waals surface area contributed by atoms with Crippen LogP contribution < -0.4 is 20.1 Å². The Labute approximate surface area is 166 Å². The summed E-state index contributed by atoms with van der Waals surface area (Å²) >= 11 is 0. The number of benzene rings is 1. The molecular weight excluding hydrogens is 356 g/mol. The van der Waals surface area contributed by atoms with Gasteiger partial charge in [-0.15, -0.1) is 0 Å². The zero-order valence-corrected chi connectivity index (χ0v) is 17.0. The molecule has 1 aliphatic rings. The molecule has 0 spiro atoms. The van der Waals surface area contributed by atoms with Crippen molar-refractivity contribution < 1.29 is 14.0 Å². The molecule has 0 aliphatic heterocycles. The van der Waals surface area contributed by atoms with Crippen LogP contribution in [0.5, 0.6) is 11.5 Å². The fourth-order valence-electron chi connectivity index (χ4n) is 3.34. The highest BCUT2D eigenvalue weighted by atomic mass is 16.5. The third-order valence-electron chi connectivity index (χ3n) is 4.94. The number of methoxy groups -OCH3 is 1. The lowest BCUT2D eigenvalue weighted by molar-refractivity contribution is 0.198. The molecule has 3 rings (SSSR count). The monoisotopic (exact) mass is 386 g/mol. The summed E-state index contributed by atoms with van der Waals surface area (Å²) in [4.78, 5) is 4.28. The van der Waals surface area contributed by atoms with E-state index in [1.165, 1.54) is 12.8 Å². The number of hydrogen-bond acceptors (Lipinski definition) is 5. The normalized spacial score (nSPS) is 14.9. The summed E-state index contributed by atoms with van der Waals surface area (Å²) in [6.45, 7) is 3.15. The molecule has 0 bridgehead atoms. The van der Waals surface area contributed by atoms with Gasteiger partial charge >= 0.3 is 0 Å². The Hall–Kier alpha value is -2.70. The molecule has 0 saturated heterocycles. The van der Waals surface area contributed by atoms with Gasteiger partial charge in [-0.1, -0.05) is 24.2 Å². The maximum Gasteiger partial charge on any atom is 0.191 e. The van der Waals surface area contributed by atoms with Crippen LogP contribution in [0.15, 0.2) is 33.8 Å². The molecule has 1 fully saturated rings. The SMILES string of the molecule is CCc1cc(CNC(=NC)NCc2cccc(OC)c2OC2CCCC2)on1. The Morgan fingerprint density at radius 1 is 1.25 bits per heavy atom. The Balaban J connectivity index is 1.61. The second-order valence-corrected chi connectivity index (χ2v) is 6.89. The number of guanidine groups is 1. The number of para-hydroxylation sites is 1. The molecule has 7 nitrogen and oxygen atoms in total. The summed E-state index contributed by atoms with van der Waals surface area (Å²) in [7, 11) is 3.42. The lowest BCUT2D eigenvalue weighted by Crippen LogP contribution is -2.36. The third kappa shape index (κ3) is 5.18. The minimum atomic E-state index is 0.270. The van der Waals surface area contributed by atoms with E-state index in [0.29, 0.717) is 19.0 Å². The standard InChI is InChI=1S/C21H30N4O3/c1-4-16-12-18(28-25-16)14-24-21(22-2)23-13-15-8-7-11-19(26-3)20(15)27-17-9-5-6-10-17/h7-8,11-12,17H,4-6,9-10,13-14H2,1-3H3,(H2,22,23,24). The molecule has 152 valence electrons. The van der Waals surface area contributed by atoms with E-state index < -0.39 is 0 Å². The van der Waals surface area contributed by atoms with E-state index >= 15 is 0 Å². The fraction of sp³-hybridized carbons (Fsp3) is 0.524. The first-order valence-electron chi connectivity index (χ1n) is 9.95. The molecule has 7 heteroatoms. The zero-order chi connectivity index (χ0) is 19.8. The summed E-state index contributed by atoms with van der Waals surface area (Å²) in [5.74, 6) is 3.06. The number of nitrogens with one attached hydrogen (secondary N) is 2. The van der Waals surface area contributed by atoms with Gasteiger partial charge in [0, 0.05) is 25.2 Å². The Bertz CT molecular complexity index is 782. The number of rotatable bonds is 8. The van der Waals surface area contributed by atoms with E-state index in [1.54, 1.807) is 14.2 Å². The van der Waals surface area contributed by atoms with E-state index in [-0.39, 0.29) is 6.10 Å². The minimum Gasteiger partial charge on any atom is -0.493 e. The first kappa shape index (κ1) is 20.0. The predicted octanol–water partition coefficient (Wildman–Crippen LogP) is 3.43. The number of aliphatic imine (C=N–C) groups is 1. The van der Waals surface area contributed by atoms with Crippen molar-refractivity contribution in [3.63, 3.8) is 0 Å². The van der Waals surface area contributed by atoms with Crippen LogP contribution in [0.3, 0.4) is 0 Å². The quantitative estimate of drug-likeness (QED) is 0.534. The highest BCUT2D eigenvalue weighted by Gasteiger charge is 2.20. The zero-order valence-electron chi connectivity index (χ0n) is 17.0. The average molecular weight is 386 g/mol. The molecule has 2 aromatic rings. The summed E-state index contributed by atoms with van der Waals surface area (Å²) in [6, 6.07) is 7.93. The molecule has 0 amide bonds. The average Bonchev–Trinajstić information content (AvgIpc) is 3.40. The van der Waals surface area contributed by atoms with Gasteiger partial charge in [0.15, 0.2) is 23.2 Å². The molecule has 0 atom stereocenters. The molecule has 0 radical (unpaired) electrons. The lowest BCUT2D eigenvalue weighted by Gasteiger charge is -2.20. The number of nitrogens with zero attached hydrogens (tertiary/aromatic N) is 2. The van der Waals surface area contributed by atoms with E-state index in [1.807, 2.05) is 18.2 Å². The second-order valence-electron chi connectivity index (χ2n) is 6.89. The summed E-state index contributed by atoms with van der Waals surface area (Å²) < 4.78 is 17.1. The van der Waals surface area contributed by atoms with E-state index in [0.717, 1.165) is 47.8 Å². The van der Waals surface area contributed by atoms with Crippen molar-refractivity contribution in [2.45, 2.75) is 58.2 Å². The highest BCUT2D eigenvalue weighted by Crippen LogP contribution is 2.34. The number of ether oxygens (including phenoxy) is 2. The summed E-state index contributed by atoms with van der Waals surface area (Å²) in [5.41, 5.74) is 1.99. The van der Waals surface area contributed by atoms with Crippen molar-refractivity contribution in [3.05, 3.63) is 41.3 Å². The highest BCUT2D eigenvalue weighted by molar-refractivity contribution is 5.79. The van der Waals surface area contributed by atoms with Gasteiger partial charge < -0.3 is 24.6 Å². The number of hydrogen-bond donors (Lipinski definition) is 2. The van der Waals surface area contributed by atoms with Gasteiger partial charge in [-0.3, -0.25) is 4.99 Å². The van der Waals surface area contributed by atoms with Gasteiger partial charge in [-0.2, -0.15) is 0 Å². The maximum absolute atomic E-state index is 6.29. The number of aromatic nitrogens is 1. The summed E-state index contributed by atoms with van der Waals surface area (Å²) in [5, 5.41) is 10.6. The van der Waals surface area contributed by atoms with Crippen LogP contribution in [0.2, 0.25) is 0 Å². The molecule has 1 heterocycles. The van der Waals surface area contributed by atoms with Gasteiger partial charge in [0.25, 0.3) is 0 Å². The van der Waals surface area contributed by atoms with Crippen molar-refractivity contribution in [1.82, 2.24) is 15.8 Å². The van der Waals surface area contributed by atoms with E-state index in [9.17, 15) is 0 Å². The largest absolute Gasteiger partial charge is 0.493 e. The Morgan fingerprint density at radius 3 is 2.71 bits per heavy atom. The van der Waals surface area contributed by atoms with Crippen LogP contribution in [0.25, 0.3) is 0 Å². The van der Waals surface area contributed by atoms with Crippen molar-refractivity contribution in [2.75, 3.05) is 14.2 Å². The van der Waals surface area contributed by atoms with Crippen LogP contribution in [0.4, 0.5) is 0 Å². The van der Waals surface area contributed by atoms with Gasteiger partial charge in [-0.25, -0.2) is 0 Å². The molecule has 1 aromatic heterocycles. The molecule has 1 aliphatic carbocycles. The summed E-state index contributed by atoms with van der Waals surface area (Å²) in [6.07, 6.45) is 5.79. The van der Waals surface area contributed by atoms with Gasteiger partial charge in [-0.05, 0) is 38.2 Å². The first-order valence-corrected chi connectivity index (χ1v) is 9.95. The van der Waals surface area contributed by atoms with Crippen molar-refractivity contribution in [3.8, 4) is 11.5 Å². The van der Waals surface area contributed by atoms with Gasteiger partial charge in [0.2, 0.25) is 0 Å². The minimum absolute atomic E-state index is 0.270. The van der Waals surface area contributed by atoms with Gasteiger partial charge in [0.1, 0.15) is 0 Å². The number of aryl methyl sites for hydroxylation is 1. The first-order chi connectivity index (χ1) is 13.7. The van der Waals surface area contributed by atoms with E-state index in [4.69, 9.17) is 14.0 Å². The van der Waals surface area contributed by atoms with Crippen LogP contribution in [-0.4, -0.2) is 31.4 Å². The van der Waals surface area contributed by atoms with Crippen LogP contribution in [-0.2, 0) is 19.5 Å². The fourth-order valence-corrected chi connectivity index (χ4v) is 3.34. The third-order valence-corrected chi connectivity index (χ3v) is 4.94. The topological polar surface area (TPSA) is 80.9 Å². The predicted molar refractivity (Wildman–Crippen MR) is 109 cm³/mol. The second kappa shape index (κ2) is 10.0. The smallest absolute Gasteiger partial charge is 0.191 e. The molecule has 28 heavy (non-hydrogen) atoms. The van der Waals surface area contributed by atoms with Crippen molar-refractivity contribution in [2.24, 2.45) is 4.99 Å². The van der Waals surface area contributed by atoms with Crippen molar-refractivity contribution >= 4 is 5.96 Å².